The fraction of sp³-hybridized carbons (Fsp3) is 0.348. The predicted octanol–water partition coefficient (Wildman–Crippen LogP) is 5.89. The largest absolute Gasteiger partial charge is 0.342 e. The normalized spacial score (nSPS) is 16.8. The Morgan fingerprint density at radius 1 is 1.07 bits per heavy atom. The van der Waals surface area contributed by atoms with Crippen LogP contribution in [0.1, 0.15) is 25.5 Å². The number of fused-ring (bicyclic) bond motifs is 2. The number of halogens is 1. The van der Waals surface area contributed by atoms with E-state index in [9.17, 15) is 0 Å². The molecule has 0 saturated carbocycles. The molecule has 2 aliphatic rings. The van der Waals surface area contributed by atoms with Crippen LogP contribution in [0, 0.1) is 6.92 Å². The quantitative estimate of drug-likeness (QED) is 0.563. The maximum absolute atomic E-state index is 4.54. The minimum Gasteiger partial charge on any atom is -0.342 e. The van der Waals surface area contributed by atoms with Crippen molar-refractivity contribution >= 4 is 35.5 Å². The van der Waals surface area contributed by atoms with Gasteiger partial charge in [-0.2, -0.15) is 0 Å². The molecular weight excluding hydrogens is 400 g/mol. The smallest absolute Gasteiger partial charge is 0.137 e. The van der Waals surface area contributed by atoms with Gasteiger partial charge in [0.1, 0.15) is 5.82 Å². The van der Waals surface area contributed by atoms with Crippen molar-refractivity contribution in [3.05, 3.63) is 54.4 Å². The molecule has 29 heavy (non-hydrogen) atoms. The third-order valence-electron chi connectivity index (χ3n) is 5.70. The van der Waals surface area contributed by atoms with Crippen LogP contribution in [0.25, 0.3) is 11.4 Å². The molecule has 0 radical (unpaired) electrons. The number of aromatic nitrogens is 2. The monoisotopic (exact) mass is 426 g/mol. The zero-order valence-corrected chi connectivity index (χ0v) is 18.5. The average molecular weight is 427 g/mol. The van der Waals surface area contributed by atoms with Crippen LogP contribution in [0.2, 0.25) is 0 Å². The molecular formula is C23H27ClN4S. The Morgan fingerprint density at radius 3 is 2.59 bits per heavy atom. The summed E-state index contributed by atoms with van der Waals surface area (Å²) in [4.78, 5) is 15.7. The van der Waals surface area contributed by atoms with Gasteiger partial charge < -0.3 is 14.8 Å². The van der Waals surface area contributed by atoms with Gasteiger partial charge in [-0.1, -0.05) is 23.9 Å². The van der Waals surface area contributed by atoms with Gasteiger partial charge in [-0.3, -0.25) is 0 Å². The molecule has 1 unspecified atom stereocenters. The lowest BCUT2D eigenvalue weighted by Gasteiger charge is -2.39. The molecule has 1 saturated heterocycles. The van der Waals surface area contributed by atoms with Crippen molar-refractivity contribution in [2.24, 2.45) is 0 Å². The van der Waals surface area contributed by atoms with Crippen molar-refractivity contribution in [1.29, 1.82) is 0 Å². The van der Waals surface area contributed by atoms with E-state index < -0.39 is 0 Å². The van der Waals surface area contributed by atoms with Gasteiger partial charge in [0.25, 0.3) is 0 Å². The number of nitrogens with one attached hydrogen (secondary N) is 1. The van der Waals surface area contributed by atoms with E-state index in [1.807, 2.05) is 24.9 Å². The molecule has 0 aliphatic carbocycles. The Morgan fingerprint density at radius 2 is 1.83 bits per heavy atom. The fourth-order valence-electron chi connectivity index (χ4n) is 4.38. The number of aromatic amines is 1. The highest BCUT2D eigenvalue weighted by Crippen LogP contribution is 2.49. The van der Waals surface area contributed by atoms with Crippen molar-refractivity contribution < 1.29 is 0 Å². The fourth-order valence-corrected chi connectivity index (χ4v) is 5.44. The second kappa shape index (κ2) is 8.42. The summed E-state index contributed by atoms with van der Waals surface area (Å²) in [5.74, 6) is 0.941. The molecule has 4 nitrogen and oxygen atoms in total. The Bertz CT molecular complexity index is 996. The molecule has 2 aromatic carbocycles. The number of anilines is 2. The molecule has 152 valence electrons. The van der Waals surface area contributed by atoms with E-state index in [0.717, 1.165) is 23.6 Å². The molecule has 3 aromatic rings. The standard InChI is InChI=1S/C23H26N4S.ClH/c1-16-14-24-23(25-16)18-9-10-22-20(13-18)27(17(2)15-26-11-5-6-12-26)19-7-3-4-8-21(19)28-22;/h3-4,7-10,13-14,17H,5-6,11-12,15H2,1-2H3,(H,24,25);1H. The van der Waals surface area contributed by atoms with E-state index in [2.05, 4.69) is 69.2 Å². The van der Waals surface area contributed by atoms with E-state index >= 15 is 0 Å². The number of aryl methyl sites for hydroxylation is 1. The molecule has 2 aliphatic heterocycles. The summed E-state index contributed by atoms with van der Waals surface area (Å²) in [5, 5.41) is 0. The van der Waals surface area contributed by atoms with Crippen LogP contribution >= 0.6 is 24.2 Å². The maximum Gasteiger partial charge on any atom is 0.137 e. The second-order valence-electron chi connectivity index (χ2n) is 7.89. The number of nitrogens with zero attached hydrogens (tertiary/aromatic N) is 3. The molecule has 3 heterocycles. The number of imidazole rings is 1. The van der Waals surface area contributed by atoms with Crippen molar-refractivity contribution in [2.75, 3.05) is 24.5 Å². The van der Waals surface area contributed by atoms with Crippen molar-refractivity contribution in [3.63, 3.8) is 0 Å². The molecule has 1 N–H and O–H groups in total. The third-order valence-corrected chi connectivity index (χ3v) is 6.83. The van der Waals surface area contributed by atoms with Crippen LogP contribution in [-0.4, -0.2) is 40.5 Å². The van der Waals surface area contributed by atoms with Crippen LogP contribution in [-0.2, 0) is 0 Å². The first-order valence-electron chi connectivity index (χ1n) is 10.1. The second-order valence-corrected chi connectivity index (χ2v) is 8.98. The lowest BCUT2D eigenvalue weighted by Crippen LogP contribution is -2.40. The molecule has 0 amide bonds. The molecule has 0 spiro atoms. The van der Waals surface area contributed by atoms with E-state index in [1.165, 1.54) is 47.1 Å². The number of benzene rings is 2. The molecule has 1 atom stereocenters. The first-order chi connectivity index (χ1) is 13.7. The molecule has 1 fully saturated rings. The van der Waals surface area contributed by atoms with Crippen LogP contribution in [0.4, 0.5) is 11.4 Å². The van der Waals surface area contributed by atoms with Crippen molar-refractivity contribution in [1.82, 2.24) is 14.9 Å². The van der Waals surface area contributed by atoms with E-state index in [0.29, 0.717) is 6.04 Å². The van der Waals surface area contributed by atoms with Crippen molar-refractivity contribution in [2.45, 2.75) is 42.5 Å². The number of rotatable bonds is 4. The van der Waals surface area contributed by atoms with Gasteiger partial charge in [0.15, 0.2) is 0 Å². The Hall–Kier alpha value is -1.95. The molecule has 0 bridgehead atoms. The Labute approximate surface area is 183 Å². The van der Waals surface area contributed by atoms with E-state index in [-0.39, 0.29) is 12.4 Å². The minimum absolute atomic E-state index is 0. The van der Waals surface area contributed by atoms with Gasteiger partial charge in [-0.15, -0.1) is 12.4 Å². The van der Waals surface area contributed by atoms with Gasteiger partial charge in [-0.25, -0.2) is 4.98 Å². The molecule has 5 rings (SSSR count). The highest BCUT2D eigenvalue weighted by Gasteiger charge is 2.29. The number of H-pyrrole nitrogens is 1. The van der Waals surface area contributed by atoms with Crippen LogP contribution in [0.3, 0.4) is 0 Å². The van der Waals surface area contributed by atoms with Gasteiger partial charge in [0, 0.05) is 39.8 Å². The number of likely N-dealkylation sites (tertiary alicyclic amines) is 1. The average Bonchev–Trinajstić information content (AvgIpc) is 3.37. The first-order valence-corrected chi connectivity index (χ1v) is 11.0. The van der Waals surface area contributed by atoms with E-state index in [4.69, 9.17) is 0 Å². The summed E-state index contributed by atoms with van der Waals surface area (Å²) >= 11 is 1.87. The Kier molecular flexibility index (Phi) is 5.91. The number of hydrogen-bond donors (Lipinski definition) is 1. The highest BCUT2D eigenvalue weighted by atomic mass is 35.5. The zero-order chi connectivity index (χ0) is 19.1. The van der Waals surface area contributed by atoms with Gasteiger partial charge >= 0.3 is 0 Å². The topological polar surface area (TPSA) is 35.2 Å². The summed E-state index contributed by atoms with van der Waals surface area (Å²) in [6.07, 6.45) is 4.56. The van der Waals surface area contributed by atoms with Crippen LogP contribution in [0.15, 0.2) is 58.5 Å². The van der Waals surface area contributed by atoms with Crippen LogP contribution in [0.5, 0.6) is 0 Å². The van der Waals surface area contributed by atoms with Crippen molar-refractivity contribution in [3.8, 4) is 11.4 Å². The van der Waals surface area contributed by atoms with E-state index in [1.54, 1.807) is 0 Å². The SMILES string of the molecule is Cc1cnc(-c2ccc3c(c2)N(C(C)CN2CCCC2)c2ccccc2S3)[nH]1.Cl. The minimum atomic E-state index is 0. The predicted molar refractivity (Wildman–Crippen MR) is 124 cm³/mol. The zero-order valence-electron chi connectivity index (χ0n) is 16.9. The summed E-state index contributed by atoms with van der Waals surface area (Å²) in [6.45, 7) is 7.97. The van der Waals surface area contributed by atoms with Gasteiger partial charge in [0.2, 0.25) is 0 Å². The van der Waals surface area contributed by atoms with Crippen LogP contribution < -0.4 is 4.90 Å². The molecule has 1 aromatic heterocycles. The van der Waals surface area contributed by atoms with Gasteiger partial charge in [0.05, 0.1) is 11.4 Å². The molecule has 6 heteroatoms. The summed E-state index contributed by atoms with van der Waals surface area (Å²) < 4.78 is 0. The third kappa shape index (κ3) is 3.91. The first kappa shape index (κ1) is 20.3. The lowest BCUT2D eigenvalue weighted by atomic mass is 10.1. The maximum atomic E-state index is 4.54. The number of para-hydroxylation sites is 1. The number of hydrogen-bond acceptors (Lipinski definition) is 4. The summed E-state index contributed by atoms with van der Waals surface area (Å²) in [5.41, 5.74) is 4.85. The summed E-state index contributed by atoms with van der Waals surface area (Å²) in [7, 11) is 0. The van der Waals surface area contributed by atoms with Gasteiger partial charge in [-0.05, 0) is 70.1 Å². The highest BCUT2D eigenvalue weighted by molar-refractivity contribution is 7.99. The Balaban J connectivity index is 0.00000205. The lowest BCUT2D eigenvalue weighted by molar-refractivity contribution is 0.319. The summed E-state index contributed by atoms with van der Waals surface area (Å²) in [6, 6.07) is 15.9.